The zero-order valence-electron chi connectivity index (χ0n) is 14.6. The van der Waals surface area contributed by atoms with Crippen molar-refractivity contribution < 1.29 is 18.8 Å². The van der Waals surface area contributed by atoms with Crippen molar-refractivity contribution in [3.63, 3.8) is 0 Å². The summed E-state index contributed by atoms with van der Waals surface area (Å²) < 4.78 is 11.4. The van der Waals surface area contributed by atoms with Gasteiger partial charge in [0.1, 0.15) is 18.9 Å². The molecule has 0 bridgehead atoms. The molecule has 0 heterocycles. The highest BCUT2D eigenvalue weighted by molar-refractivity contribution is 5.86. The van der Waals surface area contributed by atoms with Gasteiger partial charge in [0.05, 0.1) is 34.2 Å². The fraction of sp³-hybridized carbons (Fsp3) is 0.421. The summed E-state index contributed by atoms with van der Waals surface area (Å²) in [5, 5.41) is 2.19. The predicted molar refractivity (Wildman–Crippen MR) is 92.8 cm³/mol. The molecule has 0 aliphatic heterocycles. The van der Waals surface area contributed by atoms with Gasteiger partial charge in [-0.2, -0.15) is 0 Å². The fourth-order valence-corrected chi connectivity index (χ4v) is 2.32. The van der Waals surface area contributed by atoms with Crippen molar-refractivity contribution in [1.82, 2.24) is 0 Å². The Kier molecular flexibility index (Phi) is 5.26. The van der Waals surface area contributed by atoms with E-state index in [2.05, 4.69) is 21.1 Å². The number of carbonyl (C=O) groups excluding carboxylic acids is 1. The molecule has 1 atom stereocenters. The van der Waals surface area contributed by atoms with Gasteiger partial charge in [0, 0.05) is 0 Å². The van der Waals surface area contributed by atoms with Gasteiger partial charge in [-0.3, -0.25) is 4.79 Å². The van der Waals surface area contributed by atoms with E-state index in [-0.39, 0.29) is 11.9 Å². The minimum Gasteiger partial charge on any atom is -0.497 e. The number of hydrogen-bond donors (Lipinski definition) is 0. The van der Waals surface area contributed by atoms with Crippen molar-refractivity contribution in [2.24, 2.45) is 0 Å². The smallest absolute Gasteiger partial charge is 0.313 e. The van der Waals surface area contributed by atoms with Gasteiger partial charge in [-0.05, 0) is 35.4 Å². The molecular formula is C19H26NO3+. The van der Waals surface area contributed by atoms with Crippen LogP contribution in [-0.2, 0) is 9.53 Å². The van der Waals surface area contributed by atoms with E-state index in [1.165, 1.54) is 0 Å². The quantitative estimate of drug-likeness (QED) is 0.606. The van der Waals surface area contributed by atoms with E-state index in [0.717, 1.165) is 33.1 Å². The second kappa shape index (κ2) is 7.01. The first-order valence-corrected chi connectivity index (χ1v) is 7.85. The van der Waals surface area contributed by atoms with Crippen LogP contribution in [0.5, 0.6) is 5.75 Å². The van der Waals surface area contributed by atoms with Crippen LogP contribution in [-0.4, -0.2) is 51.9 Å². The maximum Gasteiger partial charge on any atom is 0.313 e. The average molecular weight is 316 g/mol. The molecule has 0 aromatic heterocycles. The maximum absolute atomic E-state index is 12.2. The molecule has 4 nitrogen and oxygen atoms in total. The highest BCUT2D eigenvalue weighted by atomic mass is 16.5. The van der Waals surface area contributed by atoms with Gasteiger partial charge in [-0.15, -0.1) is 0 Å². The number of fused-ring (bicyclic) bond motifs is 1. The first-order valence-electron chi connectivity index (χ1n) is 7.85. The van der Waals surface area contributed by atoms with E-state index in [4.69, 9.17) is 9.47 Å². The predicted octanol–water partition coefficient (Wildman–Crippen LogP) is 3.20. The van der Waals surface area contributed by atoms with Crippen molar-refractivity contribution in [3.8, 4) is 5.75 Å². The Bertz CT molecular complexity index is 689. The second-order valence-electron chi connectivity index (χ2n) is 6.88. The van der Waals surface area contributed by atoms with Crippen LogP contribution in [0.2, 0.25) is 0 Å². The van der Waals surface area contributed by atoms with E-state index >= 15 is 0 Å². The van der Waals surface area contributed by atoms with Crippen LogP contribution in [0.25, 0.3) is 10.8 Å². The van der Waals surface area contributed by atoms with Crippen molar-refractivity contribution >= 4 is 16.7 Å². The number of carbonyl (C=O) groups is 1. The summed E-state index contributed by atoms with van der Waals surface area (Å²) in [5.41, 5.74) is 0.970. The van der Waals surface area contributed by atoms with E-state index in [9.17, 15) is 4.79 Å². The molecule has 2 aromatic rings. The third-order valence-corrected chi connectivity index (χ3v) is 3.93. The molecule has 4 heteroatoms. The summed E-state index contributed by atoms with van der Waals surface area (Å²) >= 11 is 0. The number of rotatable bonds is 6. The number of ether oxygens (including phenoxy) is 2. The highest BCUT2D eigenvalue weighted by Crippen LogP contribution is 2.25. The molecule has 0 radical (unpaired) electrons. The number of benzene rings is 2. The summed E-state index contributed by atoms with van der Waals surface area (Å²) in [5.74, 6) is 0.387. The third-order valence-electron chi connectivity index (χ3n) is 3.93. The standard InChI is InChI=1S/C19H26NO3/c1-14(19(21)23-11-10-20(2,3)4)15-6-7-17-13-18(22-5)9-8-16(17)12-15/h6-9,12-14H,10-11H2,1-5H3/q+1/t14-/m0/s1. The van der Waals surface area contributed by atoms with Crippen LogP contribution >= 0.6 is 0 Å². The number of esters is 1. The van der Waals surface area contributed by atoms with Gasteiger partial charge >= 0.3 is 5.97 Å². The molecule has 0 saturated carbocycles. The molecule has 23 heavy (non-hydrogen) atoms. The van der Waals surface area contributed by atoms with Crippen molar-refractivity contribution in [2.45, 2.75) is 12.8 Å². The second-order valence-corrected chi connectivity index (χ2v) is 6.88. The zero-order valence-corrected chi connectivity index (χ0v) is 14.6. The van der Waals surface area contributed by atoms with Crippen LogP contribution in [0.4, 0.5) is 0 Å². The molecule has 0 unspecified atom stereocenters. The number of methoxy groups -OCH3 is 1. The zero-order chi connectivity index (χ0) is 17.0. The largest absolute Gasteiger partial charge is 0.497 e. The normalized spacial score (nSPS) is 12.9. The number of nitrogens with zero attached hydrogens (tertiary/aromatic N) is 1. The summed E-state index contributed by atoms with van der Waals surface area (Å²) in [6, 6.07) is 12.0. The van der Waals surface area contributed by atoms with Gasteiger partial charge in [0.15, 0.2) is 0 Å². The van der Waals surface area contributed by atoms with Crippen molar-refractivity contribution in [2.75, 3.05) is 41.4 Å². The van der Waals surface area contributed by atoms with Crippen LogP contribution in [0.15, 0.2) is 36.4 Å². The van der Waals surface area contributed by atoms with Gasteiger partial charge in [0.2, 0.25) is 0 Å². The number of quaternary nitrogens is 1. The Morgan fingerprint density at radius 1 is 1.09 bits per heavy atom. The Morgan fingerprint density at radius 2 is 1.74 bits per heavy atom. The van der Waals surface area contributed by atoms with Crippen LogP contribution in [0.3, 0.4) is 0 Å². The number of likely N-dealkylation sites (N-methyl/N-ethyl adjacent to an activating group) is 1. The minimum atomic E-state index is -0.269. The summed E-state index contributed by atoms with van der Waals surface area (Å²) in [7, 11) is 7.89. The lowest BCUT2D eigenvalue weighted by Gasteiger charge is -2.23. The van der Waals surface area contributed by atoms with Gasteiger partial charge < -0.3 is 14.0 Å². The molecule has 124 valence electrons. The first-order chi connectivity index (χ1) is 10.8. The van der Waals surface area contributed by atoms with Gasteiger partial charge in [-0.1, -0.05) is 24.3 Å². The molecule has 2 aromatic carbocycles. The molecular weight excluding hydrogens is 290 g/mol. The van der Waals surface area contributed by atoms with E-state index < -0.39 is 0 Å². The first kappa shape index (κ1) is 17.3. The highest BCUT2D eigenvalue weighted by Gasteiger charge is 2.18. The SMILES string of the molecule is COc1ccc2cc([C@H](C)C(=O)OCC[N+](C)(C)C)ccc2c1. The van der Waals surface area contributed by atoms with E-state index in [1.54, 1.807) is 7.11 Å². The summed E-state index contributed by atoms with van der Waals surface area (Å²) in [4.78, 5) is 12.2. The molecule has 0 aliphatic carbocycles. The van der Waals surface area contributed by atoms with E-state index in [0.29, 0.717) is 6.61 Å². The lowest BCUT2D eigenvalue weighted by atomic mass is 9.98. The lowest BCUT2D eigenvalue weighted by Crippen LogP contribution is -2.38. The molecule has 0 fully saturated rings. The summed E-state index contributed by atoms with van der Waals surface area (Å²) in [6.07, 6.45) is 0. The fourth-order valence-electron chi connectivity index (χ4n) is 2.32. The summed E-state index contributed by atoms with van der Waals surface area (Å²) in [6.45, 7) is 3.13. The Labute approximate surface area is 138 Å². The van der Waals surface area contributed by atoms with Crippen molar-refractivity contribution in [1.29, 1.82) is 0 Å². The Balaban J connectivity index is 2.08. The molecule has 2 rings (SSSR count). The molecule has 0 saturated heterocycles. The average Bonchev–Trinajstić information content (AvgIpc) is 2.51. The molecule has 0 aliphatic rings. The third kappa shape index (κ3) is 4.70. The molecule has 0 N–H and O–H groups in total. The topological polar surface area (TPSA) is 35.5 Å². The minimum absolute atomic E-state index is 0.175. The van der Waals surface area contributed by atoms with Gasteiger partial charge in [0.25, 0.3) is 0 Å². The molecule has 0 amide bonds. The number of hydrogen-bond acceptors (Lipinski definition) is 3. The van der Waals surface area contributed by atoms with E-state index in [1.807, 2.05) is 43.3 Å². The van der Waals surface area contributed by atoms with Gasteiger partial charge in [-0.25, -0.2) is 0 Å². The molecule has 0 spiro atoms. The maximum atomic E-state index is 12.2. The monoisotopic (exact) mass is 316 g/mol. The van der Waals surface area contributed by atoms with Crippen molar-refractivity contribution in [3.05, 3.63) is 42.0 Å². The Morgan fingerprint density at radius 3 is 2.39 bits per heavy atom. The lowest BCUT2D eigenvalue weighted by molar-refractivity contribution is -0.870. The van der Waals surface area contributed by atoms with Crippen LogP contribution in [0, 0.1) is 0 Å². The Hall–Kier alpha value is -2.07. The van der Waals surface area contributed by atoms with Crippen LogP contribution in [0.1, 0.15) is 18.4 Å². The van der Waals surface area contributed by atoms with Crippen LogP contribution < -0.4 is 4.74 Å².